The summed E-state index contributed by atoms with van der Waals surface area (Å²) in [6.45, 7) is 0. The number of nitrogens with two attached hydrogens (primary N) is 1. The molecule has 4 nitrogen and oxygen atoms in total. The fourth-order valence-electron chi connectivity index (χ4n) is 1.10. The molecule has 1 aromatic carbocycles. The van der Waals surface area contributed by atoms with Gasteiger partial charge in [0, 0.05) is 4.47 Å². The molecule has 0 radical (unpaired) electrons. The molecule has 0 amide bonds. The molecular formula is C8H5BrF3NO3. The standard InChI is InChI=1S/C8H5BrF3NO3/c9-3-1-2(7(15)16)5(13)6(14)4(3)8(10,11)12/h1,14H,13H2,(H,15,16). The first kappa shape index (κ1) is 12.6. The first-order chi connectivity index (χ1) is 7.16. The highest BCUT2D eigenvalue weighted by Gasteiger charge is 2.38. The Kier molecular flexibility index (Phi) is 3.04. The molecule has 0 spiro atoms. The lowest BCUT2D eigenvalue weighted by molar-refractivity contribution is -0.139. The van der Waals surface area contributed by atoms with Gasteiger partial charge in [-0.1, -0.05) is 15.9 Å². The summed E-state index contributed by atoms with van der Waals surface area (Å²) in [4.78, 5) is 10.6. The van der Waals surface area contributed by atoms with Crippen LogP contribution in [0.3, 0.4) is 0 Å². The molecule has 8 heteroatoms. The number of hydrogen-bond donors (Lipinski definition) is 3. The molecule has 0 atom stereocenters. The second-order valence-electron chi connectivity index (χ2n) is 2.85. The highest BCUT2D eigenvalue weighted by Crippen LogP contribution is 2.44. The first-order valence-electron chi connectivity index (χ1n) is 3.77. The number of carboxylic acids is 1. The Morgan fingerprint density at radius 2 is 1.94 bits per heavy atom. The van der Waals surface area contributed by atoms with Crippen molar-refractivity contribution in [1.82, 2.24) is 0 Å². The number of halogens is 4. The molecule has 0 unspecified atom stereocenters. The lowest BCUT2D eigenvalue weighted by atomic mass is 10.1. The minimum Gasteiger partial charge on any atom is -0.505 e. The summed E-state index contributed by atoms with van der Waals surface area (Å²) in [7, 11) is 0. The number of alkyl halides is 3. The van der Waals surface area contributed by atoms with Crippen molar-refractivity contribution in [1.29, 1.82) is 0 Å². The molecule has 16 heavy (non-hydrogen) atoms. The van der Waals surface area contributed by atoms with Crippen LogP contribution in [0.4, 0.5) is 18.9 Å². The first-order valence-corrected chi connectivity index (χ1v) is 4.57. The van der Waals surface area contributed by atoms with E-state index in [1.807, 2.05) is 0 Å². The molecule has 88 valence electrons. The average Bonchev–Trinajstić information content (AvgIpc) is 2.08. The number of phenolic OH excluding ortho intramolecular Hbond substituents is 1. The minimum absolute atomic E-state index is 0.580. The van der Waals surface area contributed by atoms with Gasteiger partial charge in [-0.05, 0) is 6.07 Å². The van der Waals surface area contributed by atoms with Gasteiger partial charge >= 0.3 is 12.1 Å². The van der Waals surface area contributed by atoms with E-state index in [1.54, 1.807) is 0 Å². The minimum atomic E-state index is -4.83. The number of aromatic carboxylic acids is 1. The van der Waals surface area contributed by atoms with Crippen molar-refractivity contribution in [2.45, 2.75) is 6.18 Å². The van der Waals surface area contributed by atoms with Gasteiger partial charge in [-0.25, -0.2) is 4.79 Å². The van der Waals surface area contributed by atoms with Crippen LogP contribution in [0.1, 0.15) is 15.9 Å². The number of benzene rings is 1. The van der Waals surface area contributed by atoms with Crippen molar-refractivity contribution in [2.75, 3.05) is 5.73 Å². The molecule has 0 saturated heterocycles. The fraction of sp³-hybridized carbons (Fsp3) is 0.125. The lowest BCUT2D eigenvalue weighted by Crippen LogP contribution is -2.11. The molecule has 0 bridgehead atoms. The maximum atomic E-state index is 12.4. The van der Waals surface area contributed by atoms with Gasteiger partial charge in [0.1, 0.15) is 5.56 Å². The predicted octanol–water partition coefficient (Wildman–Crippen LogP) is 2.45. The van der Waals surface area contributed by atoms with Gasteiger partial charge in [-0.15, -0.1) is 0 Å². The zero-order valence-corrected chi connectivity index (χ0v) is 9.06. The predicted molar refractivity (Wildman–Crippen MR) is 52.2 cm³/mol. The number of carboxylic acid groups (broad SMARTS) is 1. The van der Waals surface area contributed by atoms with E-state index in [9.17, 15) is 23.1 Å². The number of hydrogen-bond acceptors (Lipinski definition) is 3. The molecule has 0 saturated carbocycles. The molecule has 0 heterocycles. The molecule has 0 aliphatic rings. The number of nitrogen functional groups attached to an aromatic ring is 1. The van der Waals surface area contributed by atoms with Gasteiger partial charge in [0.25, 0.3) is 0 Å². The van der Waals surface area contributed by atoms with Gasteiger partial charge in [-0.2, -0.15) is 13.2 Å². The summed E-state index contributed by atoms with van der Waals surface area (Å²) in [6.07, 6.45) is -4.83. The van der Waals surface area contributed by atoms with Crippen molar-refractivity contribution >= 4 is 27.6 Å². The molecule has 0 aromatic heterocycles. The van der Waals surface area contributed by atoms with Crippen LogP contribution in [0, 0.1) is 0 Å². The second kappa shape index (κ2) is 3.85. The second-order valence-corrected chi connectivity index (χ2v) is 3.70. The van der Waals surface area contributed by atoms with Gasteiger partial charge in [0.15, 0.2) is 5.75 Å². The molecule has 0 aliphatic heterocycles. The number of anilines is 1. The van der Waals surface area contributed by atoms with Crippen LogP contribution >= 0.6 is 15.9 Å². The highest BCUT2D eigenvalue weighted by molar-refractivity contribution is 9.10. The monoisotopic (exact) mass is 299 g/mol. The van der Waals surface area contributed by atoms with Crippen LogP contribution in [-0.4, -0.2) is 16.2 Å². The summed E-state index contributed by atoms with van der Waals surface area (Å²) >= 11 is 2.54. The Morgan fingerprint density at radius 1 is 1.44 bits per heavy atom. The molecule has 1 aromatic rings. The highest BCUT2D eigenvalue weighted by atomic mass is 79.9. The van der Waals surface area contributed by atoms with E-state index >= 15 is 0 Å². The third-order valence-electron chi connectivity index (χ3n) is 1.81. The maximum Gasteiger partial charge on any atom is 0.421 e. The topological polar surface area (TPSA) is 83.6 Å². The smallest absolute Gasteiger partial charge is 0.421 e. The molecular weight excluding hydrogens is 295 g/mol. The zero-order chi connectivity index (χ0) is 12.7. The number of rotatable bonds is 1. The Bertz CT molecular complexity index is 459. The van der Waals surface area contributed by atoms with Gasteiger partial charge in [-0.3, -0.25) is 0 Å². The maximum absolute atomic E-state index is 12.4. The molecule has 1 rings (SSSR count). The van der Waals surface area contributed by atoms with Crippen LogP contribution in [0.25, 0.3) is 0 Å². The van der Waals surface area contributed by atoms with Crippen molar-refractivity contribution in [3.8, 4) is 5.75 Å². The molecule has 0 aliphatic carbocycles. The van der Waals surface area contributed by atoms with Gasteiger partial charge < -0.3 is 15.9 Å². The summed E-state index contributed by atoms with van der Waals surface area (Å²) < 4.78 is 36.7. The van der Waals surface area contributed by atoms with Crippen LogP contribution in [0.2, 0.25) is 0 Å². The Hall–Kier alpha value is -1.44. The lowest BCUT2D eigenvalue weighted by Gasteiger charge is -2.14. The summed E-state index contributed by atoms with van der Waals surface area (Å²) in [6, 6.07) is 0.695. The van der Waals surface area contributed by atoms with Crippen LogP contribution < -0.4 is 5.73 Å². The van der Waals surface area contributed by atoms with Crippen LogP contribution in [-0.2, 0) is 6.18 Å². The number of carbonyl (C=O) groups is 1. The van der Waals surface area contributed by atoms with Crippen LogP contribution in [0.5, 0.6) is 5.75 Å². The fourth-order valence-corrected chi connectivity index (χ4v) is 1.74. The third-order valence-corrected chi connectivity index (χ3v) is 2.43. The van der Waals surface area contributed by atoms with E-state index in [0.29, 0.717) is 6.07 Å². The number of phenols is 1. The van der Waals surface area contributed by atoms with E-state index < -0.39 is 39.2 Å². The van der Waals surface area contributed by atoms with Crippen molar-refractivity contribution < 1.29 is 28.2 Å². The van der Waals surface area contributed by atoms with Crippen LogP contribution in [0.15, 0.2) is 10.5 Å². The van der Waals surface area contributed by atoms with E-state index in [1.165, 1.54) is 0 Å². The molecule has 0 fully saturated rings. The SMILES string of the molecule is Nc1c(C(=O)O)cc(Br)c(C(F)(F)F)c1O. The van der Waals surface area contributed by atoms with Crippen molar-refractivity contribution in [2.24, 2.45) is 0 Å². The van der Waals surface area contributed by atoms with Gasteiger partial charge in [0.2, 0.25) is 0 Å². The average molecular weight is 300 g/mol. The summed E-state index contributed by atoms with van der Waals surface area (Å²) in [5.41, 5.74) is 2.29. The van der Waals surface area contributed by atoms with Gasteiger partial charge in [0.05, 0.1) is 11.3 Å². The van der Waals surface area contributed by atoms with Crippen molar-refractivity contribution in [3.63, 3.8) is 0 Å². The third kappa shape index (κ3) is 2.06. The summed E-state index contributed by atoms with van der Waals surface area (Å²) in [5.74, 6) is -2.82. The Morgan fingerprint density at radius 3 is 2.31 bits per heavy atom. The van der Waals surface area contributed by atoms with E-state index in [0.717, 1.165) is 0 Å². The molecule has 4 N–H and O–H groups in total. The van der Waals surface area contributed by atoms with E-state index in [4.69, 9.17) is 10.8 Å². The van der Waals surface area contributed by atoms with E-state index in [2.05, 4.69) is 15.9 Å². The summed E-state index contributed by atoms with van der Waals surface area (Å²) in [5, 5.41) is 17.8. The Labute approximate surface area is 95.6 Å². The Balaban J connectivity index is 3.59. The normalized spacial score (nSPS) is 11.5. The number of aromatic hydroxyl groups is 1. The largest absolute Gasteiger partial charge is 0.505 e. The quantitative estimate of drug-likeness (QED) is 0.549. The van der Waals surface area contributed by atoms with E-state index in [-0.39, 0.29) is 0 Å². The van der Waals surface area contributed by atoms with Crippen molar-refractivity contribution in [3.05, 3.63) is 21.7 Å². The zero-order valence-electron chi connectivity index (χ0n) is 7.47.